The molecular formula is C8H15NO2. The summed E-state index contributed by atoms with van der Waals surface area (Å²) in [6.07, 6.45) is 2.07. The van der Waals surface area contributed by atoms with Gasteiger partial charge in [0.25, 0.3) is 0 Å². The molecule has 2 atom stereocenters. The Bertz CT molecular complexity index is 147. The van der Waals surface area contributed by atoms with Crippen LogP contribution in [0.1, 0.15) is 19.8 Å². The lowest BCUT2D eigenvalue weighted by molar-refractivity contribution is -0.144. The molecule has 2 unspecified atom stereocenters. The van der Waals surface area contributed by atoms with Crippen LogP contribution in [0.4, 0.5) is 0 Å². The number of carbonyl (C=O) groups is 1. The third-order valence-electron chi connectivity index (χ3n) is 2.15. The van der Waals surface area contributed by atoms with E-state index in [9.17, 15) is 4.79 Å². The van der Waals surface area contributed by atoms with Crippen LogP contribution in [-0.2, 0) is 9.53 Å². The maximum Gasteiger partial charge on any atom is 0.322 e. The fraction of sp³-hybridized carbons (Fsp3) is 0.875. The molecule has 1 aliphatic rings. The Morgan fingerprint density at radius 3 is 2.91 bits per heavy atom. The van der Waals surface area contributed by atoms with Crippen molar-refractivity contribution in [1.82, 2.24) is 5.32 Å². The monoisotopic (exact) mass is 157 g/mol. The van der Waals surface area contributed by atoms with Crippen molar-refractivity contribution in [3.63, 3.8) is 0 Å². The van der Waals surface area contributed by atoms with Crippen LogP contribution in [0.2, 0.25) is 0 Å². The van der Waals surface area contributed by atoms with Crippen molar-refractivity contribution in [3.8, 4) is 0 Å². The highest BCUT2D eigenvalue weighted by Gasteiger charge is 2.24. The van der Waals surface area contributed by atoms with Crippen molar-refractivity contribution in [2.45, 2.75) is 25.8 Å². The molecule has 0 aromatic rings. The summed E-state index contributed by atoms with van der Waals surface area (Å²) in [4.78, 5) is 11.0. The molecule has 0 aliphatic carbocycles. The topological polar surface area (TPSA) is 38.3 Å². The van der Waals surface area contributed by atoms with E-state index in [2.05, 4.69) is 17.0 Å². The molecule has 11 heavy (non-hydrogen) atoms. The number of ether oxygens (including phenoxy) is 1. The van der Waals surface area contributed by atoms with Gasteiger partial charge in [0.15, 0.2) is 0 Å². The molecule has 1 fully saturated rings. The van der Waals surface area contributed by atoms with E-state index in [0.29, 0.717) is 5.92 Å². The van der Waals surface area contributed by atoms with Gasteiger partial charge >= 0.3 is 5.97 Å². The van der Waals surface area contributed by atoms with E-state index in [1.54, 1.807) is 0 Å². The molecule has 1 heterocycles. The van der Waals surface area contributed by atoms with Crippen LogP contribution in [-0.4, -0.2) is 25.7 Å². The predicted octanol–water partition coefficient (Wildman–Crippen LogP) is 0.547. The predicted molar refractivity (Wildman–Crippen MR) is 42.2 cm³/mol. The zero-order valence-electron chi connectivity index (χ0n) is 7.09. The molecule has 1 aliphatic heterocycles. The highest BCUT2D eigenvalue weighted by molar-refractivity contribution is 5.75. The van der Waals surface area contributed by atoms with Gasteiger partial charge in [0.05, 0.1) is 7.11 Å². The zero-order chi connectivity index (χ0) is 8.27. The molecule has 3 heteroatoms. The summed E-state index contributed by atoms with van der Waals surface area (Å²) in [5, 5.41) is 3.13. The second-order valence-corrected chi connectivity index (χ2v) is 3.16. The number of nitrogens with one attached hydrogen (secondary N) is 1. The molecule has 1 saturated heterocycles. The van der Waals surface area contributed by atoms with E-state index < -0.39 is 0 Å². The minimum Gasteiger partial charge on any atom is -0.468 e. The minimum atomic E-state index is -0.128. The van der Waals surface area contributed by atoms with E-state index in [1.807, 2.05) is 0 Å². The first-order valence-electron chi connectivity index (χ1n) is 4.05. The molecule has 0 radical (unpaired) electrons. The Morgan fingerprint density at radius 1 is 1.64 bits per heavy atom. The van der Waals surface area contributed by atoms with E-state index in [1.165, 1.54) is 7.11 Å². The SMILES string of the molecule is COC(=O)C1CC(C)CCN1. The summed E-state index contributed by atoms with van der Waals surface area (Å²) in [5.41, 5.74) is 0. The van der Waals surface area contributed by atoms with Crippen molar-refractivity contribution in [2.24, 2.45) is 5.92 Å². The fourth-order valence-corrected chi connectivity index (χ4v) is 1.43. The smallest absolute Gasteiger partial charge is 0.322 e. The lowest BCUT2D eigenvalue weighted by atomic mass is 9.94. The van der Waals surface area contributed by atoms with Crippen molar-refractivity contribution < 1.29 is 9.53 Å². The van der Waals surface area contributed by atoms with Crippen LogP contribution in [0.25, 0.3) is 0 Å². The van der Waals surface area contributed by atoms with Crippen molar-refractivity contribution >= 4 is 5.97 Å². The van der Waals surface area contributed by atoms with Gasteiger partial charge in [-0.05, 0) is 25.3 Å². The average molecular weight is 157 g/mol. The zero-order valence-corrected chi connectivity index (χ0v) is 7.09. The van der Waals surface area contributed by atoms with E-state index >= 15 is 0 Å². The maximum absolute atomic E-state index is 11.0. The molecule has 3 nitrogen and oxygen atoms in total. The van der Waals surface area contributed by atoms with Gasteiger partial charge in [0.1, 0.15) is 6.04 Å². The number of hydrogen-bond acceptors (Lipinski definition) is 3. The van der Waals surface area contributed by atoms with Crippen molar-refractivity contribution in [2.75, 3.05) is 13.7 Å². The summed E-state index contributed by atoms with van der Waals surface area (Å²) >= 11 is 0. The van der Waals surface area contributed by atoms with Gasteiger partial charge in [-0.25, -0.2) is 0 Å². The summed E-state index contributed by atoms with van der Waals surface area (Å²) in [6.45, 7) is 3.09. The summed E-state index contributed by atoms with van der Waals surface area (Å²) in [7, 11) is 1.43. The molecule has 0 spiro atoms. The molecule has 0 bridgehead atoms. The third-order valence-corrected chi connectivity index (χ3v) is 2.15. The highest BCUT2D eigenvalue weighted by atomic mass is 16.5. The van der Waals surface area contributed by atoms with Crippen LogP contribution < -0.4 is 5.32 Å². The van der Waals surface area contributed by atoms with Gasteiger partial charge in [0.2, 0.25) is 0 Å². The summed E-state index contributed by atoms with van der Waals surface area (Å²) in [6, 6.07) is -0.0660. The second kappa shape index (κ2) is 3.72. The van der Waals surface area contributed by atoms with Gasteiger partial charge in [-0.15, -0.1) is 0 Å². The van der Waals surface area contributed by atoms with Gasteiger partial charge in [-0.2, -0.15) is 0 Å². The Balaban J connectivity index is 2.39. The molecule has 64 valence electrons. The first-order valence-corrected chi connectivity index (χ1v) is 4.05. The Hall–Kier alpha value is -0.570. The molecule has 0 aromatic heterocycles. The van der Waals surface area contributed by atoms with Gasteiger partial charge in [0, 0.05) is 0 Å². The Labute approximate surface area is 67.1 Å². The number of rotatable bonds is 1. The first kappa shape index (κ1) is 8.53. The Morgan fingerprint density at radius 2 is 2.36 bits per heavy atom. The largest absolute Gasteiger partial charge is 0.468 e. The first-order chi connectivity index (χ1) is 5.24. The number of methoxy groups -OCH3 is 1. The highest BCUT2D eigenvalue weighted by Crippen LogP contribution is 2.15. The lowest BCUT2D eigenvalue weighted by Gasteiger charge is -2.25. The molecule has 1 rings (SSSR count). The molecule has 0 amide bonds. The van der Waals surface area contributed by atoms with Crippen molar-refractivity contribution in [1.29, 1.82) is 0 Å². The number of piperidine rings is 1. The van der Waals surface area contributed by atoms with E-state index in [-0.39, 0.29) is 12.0 Å². The van der Waals surface area contributed by atoms with Crippen LogP contribution in [0.15, 0.2) is 0 Å². The number of hydrogen-bond donors (Lipinski definition) is 1. The summed E-state index contributed by atoms with van der Waals surface area (Å²) < 4.78 is 4.64. The van der Waals surface area contributed by atoms with Crippen molar-refractivity contribution in [3.05, 3.63) is 0 Å². The van der Waals surface area contributed by atoms with Crippen LogP contribution >= 0.6 is 0 Å². The number of carbonyl (C=O) groups excluding carboxylic acids is 1. The summed E-state index contributed by atoms with van der Waals surface area (Å²) in [5.74, 6) is 0.511. The molecule has 0 aromatic carbocycles. The van der Waals surface area contributed by atoms with Gasteiger partial charge in [-0.1, -0.05) is 6.92 Å². The average Bonchev–Trinajstić information content (AvgIpc) is 2.03. The van der Waals surface area contributed by atoms with E-state index in [0.717, 1.165) is 19.4 Å². The normalized spacial score (nSPS) is 31.5. The van der Waals surface area contributed by atoms with E-state index in [4.69, 9.17) is 0 Å². The lowest BCUT2D eigenvalue weighted by Crippen LogP contribution is -2.43. The van der Waals surface area contributed by atoms with Crippen LogP contribution in [0.5, 0.6) is 0 Å². The second-order valence-electron chi connectivity index (χ2n) is 3.16. The third kappa shape index (κ3) is 2.19. The standard InChI is InChI=1S/C8H15NO2/c1-6-3-4-9-7(5-6)8(10)11-2/h6-7,9H,3-5H2,1-2H3. The molecule has 0 saturated carbocycles. The maximum atomic E-state index is 11.0. The molecule has 1 N–H and O–H groups in total. The van der Waals surface area contributed by atoms with Crippen LogP contribution in [0.3, 0.4) is 0 Å². The van der Waals surface area contributed by atoms with Crippen LogP contribution in [0, 0.1) is 5.92 Å². The van der Waals surface area contributed by atoms with Gasteiger partial charge in [-0.3, -0.25) is 4.79 Å². The minimum absolute atomic E-state index is 0.0660. The quantitative estimate of drug-likeness (QED) is 0.565. The molecular weight excluding hydrogens is 142 g/mol. The Kier molecular flexibility index (Phi) is 2.88. The van der Waals surface area contributed by atoms with Gasteiger partial charge < -0.3 is 10.1 Å². The fourth-order valence-electron chi connectivity index (χ4n) is 1.43. The number of esters is 1.